The molecule has 0 saturated carbocycles. The predicted molar refractivity (Wildman–Crippen MR) is 138 cm³/mol. The number of fused-ring (bicyclic) bond motifs is 2. The van der Waals surface area contributed by atoms with Crippen molar-refractivity contribution in [2.75, 3.05) is 49.9 Å². The van der Waals surface area contributed by atoms with Crippen LogP contribution in [0.4, 0.5) is 11.4 Å². The highest BCUT2D eigenvalue weighted by molar-refractivity contribution is 6.32. The van der Waals surface area contributed by atoms with Crippen molar-refractivity contribution in [3.8, 4) is 0 Å². The van der Waals surface area contributed by atoms with Crippen LogP contribution in [0.3, 0.4) is 0 Å². The smallest absolute Gasteiger partial charge is 0.238 e. The molecule has 2 aliphatic heterocycles. The lowest BCUT2D eigenvalue weighted by molar-refractivity contribution is -0.118. The summed E-state index contributed by atoms with van der Waals surface area (Å²) in [6.45, 7) is 4.06. The minimum Gasteiger partial charge on any atom is -0.324 e. The number of nitrogens with zero attached hydrogens (tertiary/aromatic N) is 2. The van der Waals surface area contributed by atoms with Gasteiger partial charge < -0.3 is 10.6 Å². The molecule has 3 aliphatic rings. The second-order valence-electron chi connectivity index (χ2n) is 9.88. The van der Waals surface area contributed by atoms with E-state index in [-0.39, 0.29) is 58.7 Å². The van der Waals surface area contributed by atoms with Crippen LogP contribution in [0.5, 0.6) is 0 Å². The molecule has 2 aromatic carbocycles. The second-order valence-corrected chi connectivity index (χ2v) is 9.88. The number of hydrogen-bond acceptors (Lipinski definition) is 6. The summed E-state index contributed by atoms with van der Waals surface area (Å²) in [6, 6.07) is 9.86. The monoisotopic (exact) mass is 488 g/mol. The predicted octanol–water partition coefficient (Wildman–Crippen LogP) is 3.31. The van der Waals surface area contributed by atoms with Crippen molar-refractivity contribution >= 4 is 34.8 Å². The Morgan fingerprint density at radius 1 is 0.611 bits per heavy atom. The van der Waals surface area contributed by atoms with E-state index in [2.05, 4.69) is 20.4 Å². The van der Waals surface area contributed by atoms with E-state index in [0.717, 1.165) is 51.9 Å². The van der Waals surface area contributed by atoms with Crippen molar-refractivity contribution in [1.82, 2.24) is 9.80 Å². The van der Waals surface area contributed by atoms with Gasteiger partial charge in [-0.3, -0.25) is 29.0 Å². The van der Waals surface area contributed by atoms with Gasteiger partial charge in [0.1, 0.15) is 0 Å². The standard InChI is InChI=1S/C28H32N4O4/c33-23(17-31-13-3-1-4-14-31)29-21-11-7-9-19-25(21)27(35)20-10-8-12-22(26(20)28(19)36)30-24(34)18-32-15-5-2-6-16-32/h7-12H,1-6,13-18H2,(H,29,33)(H,30,34). The molecule has 0 unspecified atom stereocenters. The van der Waals surface area contributed by atoms with E-state index >= 15 is 0 Å². The summed E-state index contributed by atoms with van der Waals surface area (Å²) < 4.78 is 0. The Labute approximate surface area is 211 Å². The van der Waals surface area contributed by atoms with Crippen LogP contribution in [0.2, 0.25) is 0 Å². The first-order valence-electron chi connectivity index (χ1n) is 12.9. The maximum atomic E-state index is 13.6. The van der Waals surface area contributed by atoms with Crippen LogP contribution in [0.15, 0.2) is 36.4 Å². The lowest BCUT2D eigenvalue weighted by Gasteiger charge is -2.27. The zero-order valence-electron chi connectivity index (χ0n) is 20.5. The van der Waals surface area contributed by atoms with Gasteiger partial charge in [-0.1, -0.05) is 37.1 Å². The number of rotatable bonds is 6. The topological polar surface area (TPSA) is 98.8 Å². The molecule has 1 aliphatic carbocycles. The Hall–Kier alpha value is -3.36. The summed E-state index contributed by atoms with van der Waals surface area (Å²) in [4.78, 5) is 56.8. The average Bonchev–Trinajstić information content (AvgIpc) is 2.88. The van der Waals surface area contributed by atoms with Crippen molar-refractivity contribution in [3.05, 3.63) is 58.7 Å². The third-order valence-corrected chi connectivity index (χ3v) is 7.25. The highest BCUT2D eigenvalue weighted by atomic mass is 16.2. The Kier molecular flexibility index (Phi) is 7.25. The molecule has 2 saturated heterocycles. The molecule has 0 spiro atoms. The second kappa shape index (κ2) is 10.7. The average molecular weight is 489 g/mol. The molecular formula is C28H32N4O4. The maximum Gasteiger partial charge on any atom is 0.238 e. The van der Waals surface area contributed by atoms with E-state index in [1.807, 2.05) is 0 Å². The van der Waals surface area contributed by atoms with Gasteiger partial charge in [0.15, 0.2) is 11.6 Å². The summed E-state index contributed by atoms with van der Waals surface area (Å²) >= 11 is 0. The van der Waals surface area contributed by atoms with E-state index in [4.69, 9.17) is 0 Å². The Balaban J connectivity index is 1.36. The Bertz CT molecular complexity index is 1100. The number of hydrogen-bond donors (Lipinski definition) is 2. The number of amides is 2. The molecule has 0 bridgehead atoms. The number of anilines is 2. The highest BCUT2D eigenvalue weighted by Crippen LogP contribution is 2.35. The maximum absolute atomic E-state index is 13.6. The van der Waals surface area contributed by atoms with E-state index in [1.165, 1.54) is 12.8 Å². The van der Waals surface area contributed by atoms with Crippen molar-refractivity contribution in [1.29, 1.82) is 0 Å². The van der Waals surface area contributed by atoms with Gasteiger partial charge >= 0.3 is 0 Å². The molecule has 5 rings (SSSR count). The van der Waals surface area contributed by atoms with Gasteiger partial charge in [-0.2, -0.15) is 0 Å². The first-order chi connectivity index (χ1) is 17.5. The van der Waals surface area contributed by atoms with E-state index in [0.29, 0.717) is 11.4 Å². The van der Waals surface area contributed by atoms with E-state index < -0.39 is 0 Å². The van der Waals surface area contributed by atoms with Gasteiger partial charge in [0.25, 0.3) is 0 Å². The molecule has 188 valence electrons. The molecule has 2 fully saturated rings. The number of piperidine rings is 2. The third kappa shape index (κ3) is 5.10. The third-order valence-electron chi connectivity index (χ3n) is 7.25. The van der Waals surface area contributed by atoms with Gasteiger partial charge in [-0.15, -0.1) is 0 Å². The van der Waals surface area contributed by atoms with Crippen LogP contribution >= 0.6 is 0 Å². The molecule has 2 amide bonds. The van der Waals surface area contributed by atoms with Gasteiger partial charge in [-0.05, 0) is 64.0 Å². The summed E-state index contributed by atoms with van der Waals surface area (Å²) in [7, 11) is 0. The number of likely N-dealkylation sites (tertiary alicyclic amines) is 2. The van der Waals surface area contributed by atoms with Crippen LogP contribution < -0.4 is 10.6 Å². The van der Waals surface area contributed by atoms with Gasteiger partial charge in [-0.25, -0.2) is 0 Å². The molecule has 2 heterocycles. The molecular weight excluding hydrogens is 456 g/mol. The number of carbonyl (C=O) groups is 4. The van der Waals surface area contributed by atoms with E-state index in [1.54, 1.807) is 36.4 Å². The fourth-order valence-electron chi connectivity index (χ4n) is 5.47. The molecule has 8 nitrogen and oxygen atoms in total. The lowest BCUT2D eigenvalue weighted by Crippen LogP contribution is -2.37. The molecule has 8 heteroatoms. The number of carbonyl (C=O) groups excluding carboxylic acids is 4. The molecule has 0 aromatic heterocycles. The van der Waals surface area contributed by atoms with E-state index in [9.17, 15) is 19.2 Å². The number of benzene rings is 2. The normalized spacial score (nSPS) is 18.3. The van der Waals surface area contributed by atoms with Crippen molar-refractivity contribution in [2.45, 2.75) is 38.5 Å². The molecule has 0 radical (unpaired) electrons. The highest BCUT2D eigenvalue weighted by Gasteiger charge is 2.34. The first kappa shape index (κ1) is 24.3. The molecule has 2 aromatic rings. The van der Waals surface area contributed by atoms with Crippen LogP contribution in [0.25, 0.3) is 0 Å². The zero-order valence-corrected chi connectivity index (χ0v) is 20.5. The zero-order chi connectivity index (χ0) is 25.1. The van der Waals surface area contributed by atoms with Crippen LogP contribution in [0, 0.1) is 0 Å². The summed E-state index contributed by atoms with van der Waals surface area (Å²) in [5.41, 5.74) is 1.58. The fraction of sp³-hybridized carbons (Fsp3) is 0.429. The first-order valence-corrected chi connectivity index (χ1v) is 12.9. The minimum absolute atomic E-state index is 0.199. The number of ketones is 2. The Morgan fingerprint density at radius 2 is 1.00 bits per heavy atom. The van der Waals surface area contributed by atoms with Gasteiger partial charge in [0, 0.05) is 11.1 Å². The molecule has 2 N–H and O–H groups in total. The van der Waals surface area contributed by atoms with Crippen molar-refractivity contribution in [3.63, 3.8) is 0 Å². The summed E-state index contributed by atoms with van der Waals surface area (Å²) in [6.07, 6.45) is 6.68. The van der Waals surface area contributed by atoms with Gasteiger partial charge in [0.2, 0.25) is 11.8 Å². The van der Waals surface area contributed by atoms with Crippen molar-refractivity contribution in [2.24, 2.45) is 0 Å². The van der Waals surface area contributed by atoms with Crippen LogP contribution in [-0.2, 0) is 9.59 Å². The van der Waals surface area contributed by atoms with Crippen LogP contribution in [0.1, 0.15) is 70.4 Å². The molecule has 36 heavy (non-hydrogen) atoms. The SMILES string of the molecule is O=C(CN1CCCCC1)Nc1cccc2c1C(=O)c1cccc(NC(=O)CN3CCCCC3)c1C2=O. The molecule has 0 atom stereocenters. The Morgan fingerprint density at radius 3 is 1.39 bits per heavy atom. The summed E-state index contributed by atoms with van der Waals surface area (Å²) in [5.74, 6) is -1.06. The largest absolute Gasteiger partial charge is 0.324 e. The quantitative estimate of drug-likeness (QED) is 0.552. The van der Waals surface area contributed by atoms with Crippen LogP contribution in [-0.4, -0.2) is 72.4 Å². The fourth-order valence-corrected chi connectivity index (χ4v) is 5.47. The minimum atomic E-state index is -0.333. The lowest BCUT2D eigenvalue weighted by atomic mass is 9.82. The number of nitrogens with one attached hydrogen (secondary N) is 2. The summed E-state index contributed by atoms with van der Waals surface area (Å²) in [5, 5.41) is 5.73. The van der Waals surface area contributed by atoms with Crippen molar-refractivity contribution < 1.29 is 19.2 Å². The van der Waals surface area contributed by atoms with Gasteiger partial charge in [0.05, 0.1) is 35.6 Å².